The smallest absolute Gasteiger partial charge is 0.171 e. The average molecular weight is 288 g/mol. The van der Waals surface area contributed by atoms with E-state index < -0.39 is 11.9 Å². The molecule has 0 unspecified atom stereocenters. The van der Waals surface area contributed by atoms with Gasteiger partial charge in [-0.2, -0.15) is 0 Å². The molecule has 0 saturated carbocycles. The predicted octanol–water partition coefficient (Wildman–Crippen LogP) is 3.91. The number of fused-ring (bicyclic) bond motifs is 1. The summed E-state index contributed by atoms with van der Waals surface area (Å²) >= 11 is 1.32. The molecule has 1 heterocycles. The molecule has 2 N–H and O–H groups in total. The van der Waals surface area contributed by atoms with Crippen molar-refractivity contribution in [2.45, 2.75) is 23.1 Å². The van der Waals surface area contributed by atoms with Crippen molar-refractivity contribution in [3.8, 4) is 0 Å². The van der Waals surface area contributed by atoms with E-state index in [0.29, 0.717) is 15.6 Å². The first-order valence-corrected chi connectivity index (χ1v) is 7.06. The number of aliphatic hydroxyl groups is 1. The monoisotopic (exact) mass is 288 g/mol. The van der Waals surface area contributed by atoms with Gasteiger partial charge in [0.1, 0.15) is 5.82 Å². The Morgan fingerprint density at radius 2 is 2.00 bits per heavy atom. The number of rotatable bonds is 3. The molecule has 102 valence electrons. The minimum atomic E-state index is -0.858. The van der Waals surface area contributed by atoms with Gasteiger partial charge in [0.05, 0.1) is 17.1 Å². The van der Waals surface area contributed by atoms with Gasteiger partial charge in [0.15, 0.2) is 5.16 Å². The van der Waals surface area contributed by atoms with Crippen molar-refractivity contribution in [1.29, 1.82) is 0 Å². The second-order valence-electron chi connectivity index (χ2n) is 4.49. The fourth-order valence-corrected chi connectivity index (χ4v) is 3.13. The molecule has 0 radical (unpaired) electrons. The zero-order chi connectivity index (χ0) is 14.1. The van der Waals surface area contributed by atoms with Gasteiger partial charge in [-0.1, -0.05) is 30.0 Å². The molecule has 5 heteroatoms. The van der Waals surface area contributed by atoms with E-state index in [2.05, 4.69) is 9.97 Å². The molecule has 0 aliphatic carbocycles. The van der Waals surface area contributed by atoms with Crippen LogP contribution in [0.3, 0.4) is 0 Å². The summed E-state index contributed by atoms with van der Waals surface area (Å²) in [4.78, 5) is 8.28. The second-order valence-corrected chi connectivity index (χ2v) is 5.52. The summed E-state index contributed by atoms with van der Waals surface area (Å²) in [6.45, 7) is 1.56. The van der Waals surface area contributed by atoms with Gasteiger partial charge in [0.2, 0.25) is 0 Å². The van der Waals surface area contributed by atoms with Crippen LogP contribution in [-0.4, -0.2) is 15.1 Å². The Bertz CT molecular complexity index is 721. The lowest BCUT2D eigenvalue weighted by Gasteiger charge is -2.11. The van der Waals surface area contributed by atoms with E-state index in [1.807, 2.05) is 24.3 Å². The number of hydrogen-bond acceptors (Lipinski definition) is 3. The van der Waals surface area contributed by atoms with Crippen LogP contribution in [0.1, 0.15) is 18.6 Å². The Hall–Kier alpha value is -1.85. The van der Waals surface area contributed by atoms with Crippen LogP contribution in [0.2, 0.25) is 0 Å². The Morgan fingerprint density at radius 3 is 2.75 bits per heavy atom. The number of nitrogens with one attached hydrogen (secondary N) is 1. The van der Waals surface area contributed by atoms with Crippen molar-refractivity contribution in [1.82, 2.24) is 9.97 Å². The molecule has 3 aromatic rings. The molecule has 1 aromatic heterocycles. The third kappa shape index (κ3) is 2.42. The first-order valence-electron chi connectivity index (χ1n) is 6.24. The Labute approximate surface area is 119 Å². The third-order valence-corrected chi connectivity index (χ3v) is 3.97. The molecule has 20 heavy (non-hydrogen) atoms. The highest BCUT2D eigenvalue weighted by Crippen LogP contribution is 2.34. The maximum atomic E-state index is 13.8. The number of H-pyrrole nitrogens is 1. The zero-order valence-electron chi connectivity index (χ0n) is 10.8. The number of halogens is 1. The molecule has 0 aliphatic heterocycles. The summed E-state index contributed by atoms with van der Waals surface area (Å²) in [5, 5.41) is 10.4. The highest BCUT2D eigenvalue weighted by Gasteiger charge is 2.15. The van der Waals surface area contributed by atoms with E-state index in [4.69, 9.17) is 0 Å². The molecular formula is C15H13FN2OS. The van der Waals surface area contributed by atoms with Gasteiger partial charge >= 0.3 is 0 Å². The van der Waals surface area contributed by atoms with Crippen LogP contribution in [0.15, 0.2) is 52.5 Å². The van der Waals surface area contributed by atoms with Crippen molar-refractivity contribution in [3.05, 3.63) is 53.8 Å². The minimum absolute atomic E-state index is 0.304. The highest BCUT2D eigenvalue weighted by molar-refractivity contribution is 7.99. The van der Waals surface area contributed by atoms with Crippen LogP contribution in [0.4, 0.5) is 4.39 Å². The number of aromatic amines is 1. The van der Waals surface area contributed by atoms with Gasteiger partial charge < -0.3 is 10.1 Å². The Balaban J connectivity index is 2.00. The van der Waals surface area contributed by atoms with E-state index >= 15 is 0 Å². The summed E-state index contributed by atoms with van der Waals surface area (Å²) in [5.41, 5.74) is 2.10. The predicted molar refractivity (Wildman–Crippen MR) is 77.3 cm³/mol. The number of nitrogens with zero attached hydrogens (tertiary/aromatic N) is 1. The standard InChI is InChI=1S/C15H13FN2OS/c1-9(19)14-10(16)5-4-8-13(14)20-15-17-11-6-2-3-7-12(11)18-15/h2-9,19H,1H3,(H,17,18)/t9-/m1/s1. The molecule has 1 atom stereocenters. The minimum Gasteiger partial charge on any atom is -0.389 e. The molecule has 2 aromatic carbocycles. The number of aromatic nitrogens is 2. The summed E-state index contributed by atoms with van der Waals surface area (Å²) in [7, 11) is 0. The van der Waals surface area contributed by atoms with Gasteiger partial charge in [-0.05, 0) is 31.2 Å². The van der Waals surface area contributed by atoms with E-state index in [1.54, 1.807) is 19.1 Å². The molecule has 0 aliphatic rings. The van der Waals surface area contributed by atoms with Crippen molar-refractivity contribution in [2.75, 3.05) is 0 Å². The molecule has 3 nitrogen and oxygen atoms in total. The Kier molecular flexibility index (Phi) is 3.46. The van der Waals surface area contributed by atoms with Crippen molar-refractivity contribution in [3.63, 3.8) is 0 Å². The molecule has 0 amide bonds. The number of para-hydroxylation sites is 2. The number of aliphatic hydroxyl groups excluding tert-OH is 1. The van der Waals surface area contributed by atoms with E-state index in [9.17, 15) is 9.50 Å². The SMILES string of the molecule is C[C@@H](O)c1c(F)cccc1Sc1nc2ccccc2[nH]1. The molecule has 0 spiro atoms. The maximum Gasteiger partial charge on any atom is 0.171 e. The molecule has 0 fully saturated rings. The lowest BCUT2D eigenvalue weighted by atomic mass is 10.1. The fraction of sp³-hybridized carbons (Fsp3) is 0.133. The lowest BCUT2D eigenvalue weighted by Crippen LogP contribution is -1.98. The summed E-state index contributed by atoms with van der Waals surface area (Å²) in [6, 6.07) is 12.5. The topological polar surface area (TPSA) is 48.9 Å². The Morgan fingerprint density at radius 1 is 1.20 bits per heavy atom. The average Bonchev–Trinajstić information content (AvgIpc) is 2.80. The van der Waals surface area contributed by atoms with Crippen molar-refractivity contribution in [2.24, 2.45) is 0 Å². The lowest BCUT2D eigenvalue weighted by molar-refractivity contribution is 0.191. The summed E-state index contributed by atoms with van der Waals surface area (Å²) in [6.07, 6.45) is -0.858. The summed E-state index contributed by atoms with van der Waals surface area (Å²) < 4.78 is 13.8. The second kappa shape index (κ2) is 5.26. The molecule has 0 bridgehead atoms. The quantitative estimate of drug-likeness (QED) is 0.768. The zero-order valence-corrected chi connectivity index (χ0v) is 11.6. The van der Waals surface area contributed by atoms with Crippen LogP contribution in [-0.2, 0) is 0 Å². The van der Waals surface area contributed by atoms with E-state index in [-0.39, 0.29) is 0 Å². The molecular weight excluding hydrogens is 275 g/mol. The van der Waals surface area contributed by atoms with Gasteiger partial charge in [-0.15, -0.1) is 0 Å². The van der Waals surface area contributed by atoms with Crippen molar-refractivity contribution < 1.29 is 9.50 Å². The van der Waals surface area contributed by atoms with Gasteiger partial charge in [-0.25, -0.2) is 9.37 Å². The van der Waals surface area contributed by atoms with Crippen LogP contribution < -0.4 is 0 Å². The first kappa shape index (κ1) is 13.1. The van der Waals surface area contributed by atoms with E-state index in [1.165, 1.54) is 17.8 Å². The maximum absolute atomic E-state index is 13.8. The van der Waals surface area contributed by atoms with Crippen LogP contribution in [0.25, 0.3) is 11.0 Å². The highest BCUT2D eigenvalue weighted by atomic mass is 32.2. The summed E-state index contributed by atoms with van der Waals surface area (Å²) in [5.74, 6) is -0.402. The van der Waals surface area contributed by atoms with Gasteiger partial charge in [-0.3, -0.25) is 0 Å². The van der Waals surface area contributed by atoms with Crippen LogP contribution >= 0.6 is 11.8 Å². The number of hydrogen-bond donors (Lipinski definition) is 2. The normalized spacial score (nSPS) is 12.8. The largest absolute Gasteiger partial charge is 0.389 e. The van der Waals surface area contributed by atoms with Crippen LogP contribution in [0.5, 0.6) is 0 Å². The fourth-order valence-electron chi connectivity index (χ4n) is 2.09. The number of benzene rings is 2. The third-order valence-electron chi connectivity index (χ3n) is 3.00. The molecule has 3 rings (SSSR count). The van der Waals surface area contributed by atoms with Gasteiger partial charge in [0.25, 0.3) is 0 Å². The van der Waals surface area contributed by atoms with E-state index in [0.717, 1.165) is 11.0 Å². The molecule has 0 saturated heterocycles. The first-order chi connectivity index (χ1) is 9.65. The van der Waals surface area contributed by atoms with Crippen LogP contribution in [0, 0.1) is 5.82 Å². The van der Waals surface area contributed by atoms with Gasteiger partial charge in [0, 0.05) is 10.5 Å². The number of imidazole rings is 1. The van der Waals surface area contributed by atoms with Crippen molar-refractivity contribution >= 4 is 22.8 Å².